The minimum absolute atomic E-state index is 0.0172. The van der Waals surface area contributed by atoms with Gasteiger partial charge >= 0.3 is 0 Å². The molecule has 2 aromatic rings. The highest BCUT2D eigenvalue weighted by Crippen LogP contribution is 2.39. The van der Waals surface area contributed by atoms with Gasteiger partial charge in [0.15, 0.2) is 0 Å². The molecule has 0 aliphatic heterocycles. The molecule has 2 saturated carbocycles. The lowest BCUT2D eigenvalue weighted by atomic mass is 9.88. The Morgan fingerprint density at radius 1 is 1.15 bits per heavy atom. The largest absolute Gasteiger partial charge is 0.396 e. The quantitative estimate of drug-likeness (QED) is 0.680. The van der Waals surface area contributed by atoms with E-state index in [0.717, 1.165) is 28.5 Å². The number of rotatable bonds is 7. The van der Waals surface area contributed by atoms with Crippen LogP contribution in [0.25, 0.3) is 0 Å². The Bertz CT molecular complexity index is 784. The number of aliphatic hydroxyl groups is 2. The van der Waals surface area contributed by atoms with Crippen molar-refractivity contribution in [3.63, 3.8) is 0 Å². The SMILES string of the molecule is OC[C@@H]1[C@@H](Cc2ccnc(C3CC3)n2)[C@H](NCc2ccccc2Cl)C[C@H]1O. The minimum atomic E-state index is -0.506. The molecule has 1 aromatic heterocycles. The Hall–Kier alpha value is -1.53. The molecule has 0 saturated heterocycles. The van der Waals surface area contributed by atoms with E-state index in [1.54, 1.807) is 0 Å². The maximum atomic E-state index is 10.5. The number of nitrogens with one attached hydrogen (secondary N) is 1. The maximum absolute atomic E-state index is 10.5. The third-order valence-corrected chi connectivity index (χ3v) is 6.27. The van der Waals surface area contributed by atoms with E-state index in [2.05, 4.69) is 10.3 Å². The molecule has 3 N–H and O–H groups in total. The Morgan fingerprint density at radius 3 is 2.70 bits per heavy atom. The predicted octanol–water partition coefficient (Wildman–Crippen LogP) is 2.70. The summed E-state index contributed by atoms with van der Waals surface area (Å²) in [4.78, 5) is 9.13. The fraction of sp³-hybridized carbons (Fsp3) is 0.524. The van der Waals surface area contributed by atoms with E-state index in [4.69, 9.17) is 16.6 Å². The van der Waals surface area contributed by atoms with Crippen molar-refractivity contribution in [1.82, 2.24) is 15.3 Å². The lowest BCUT2D eigenvalue weighted by Crippen LogP contribution is -2.36. The highest BCUT2D eigenvalue weighted by atomic mass is 35.5. The van der Waals surface area contributed by atoms with Gasteiger partial charge in [-0.25, -0.2) is 9.97 Å². The summed E-state index contributed by atoms with van der Waals surface area (Å²) in [6.07, 6.45) is 5.03. The van der Waals surface area contributed by atoms with E-state index in [1.165, 1.54) is 12.8 Å². The first-order valence-corrected chi connectivity index (χ1v) is 10.1. The molecule has 0 spiro atoms. The summed E-state index contributed by atoms with van der Waals surface area (Å²) in [6.45, 7) is 0.624. The summed E-state index contributed by atoms with van der Waals surface area (Å²) in [5, 5.41) is 24.6. The second-order valence-electron chi connectivity index (χ2n) is 7.78. The molecule has 4 atom stereocenters. The summed E-state index contributed by atoms with van der Waals surface area (Å²) in [6, 6.07) is 9.84. The molecule has 1 heterocycles. The van der Waals surface area contributed by atoms with Crippen molar-refractivity contribution in [2.24, 2.45) is 11.8 Å². The van der Waals surface area contributed by atoms with Gasteiger partial charge in [0, 0.05) is 47.9 Å². The van der Waals surface area contributed by atoms with Crippen molar-refractivity contribution >= 4 is 11.6 Å². The third kappa shape index (κ3) is 4.32. The van der Waals surface area contributed by atoms with Gasteiger partial charge in [0.25, 0.3) is 0 Å². The lowest BCUT2D eigenvalue weighted by molar-refractivity contribution is 0.0716. The van der Waals surface area contributed by atoms with E-state index in [9.17, 15) is 10.2 Å². The van der Waals surface area contributed by atoms with Crippen LogP contribution in [0.2, 0.25) is 5.02 Å². The van der Waals surface area contributed by atoms with Crippen molar-refractivity contribution in [3.8, 4) is 0 Å². The Balaban J connectivity index is 1.48. The number of halogens is 1. The summed E-state index contributed by atoms with van der Waals surface area (Å²) in [7, 11) is 0. The van der Waals surface area contributed by atoms with E-state index in [-0.39, 0.29) is 24.5 Å². The first kappa shape index (κ1) is 18.8. The van der Waals surface area contributed by atoms with Crippen LogP contribution in [-0.4, -0.2) is 38.9 Å². The average Bonchev–Trinajstić information content (AvgIpc) is 3.47. The van der Waals surface area contributed by atoms with Crippen LogP contribution in [0.4, 0.5) is 0 Å². The van der Waals surface area contributed by atoms with Crippen molar-refractivity contribution in [2.75, 3.05) is 6.61 Å². The second-order valence-corrected chi connectivity index (χ2v) is 8.18. The zero-order valence-electron chi connectivity index (χ0n) is 15.3. The number of hydrogen-bond acceptors (Lipinski definition) is 5. The summed E-state index contributed by atoms with van der Waals surface area (Å²) in [5.74, 6) is 1.43. The Kier molecular flexibility index (Phi) is 5.74. The van der Waals surface area contributed by atoms with Gasteiger partial charge in [-0.2, -0.15) is 0 Å². The molecule has 0 radical (unpaired) electrons. The first-order chi connectivity index (χ1) is 13.2. The van der Waals surface area contributed by atoms with Gasteiger partial charge in [-0.05, 0) is 49.3 Å². The van der Waals surface area contributed by atoms with Crippen LogP contribution < -0.4 is 5.32 Å². The van der Waals surface area contributed by atoms with Crippen LogP contribution >= 0.6 is 11.6 Å². The lowest BCUT2D eigenvalue weighted by Gasteiger charge is -2.25. The highest BCUT2D eigenvalue weighted by molar-refractivity contribution is 6.31. The van der Waals surface area contributed by atoms with E-state index in [1.807, 2.05) is 36.5 Å². The second kappa shape index (κ2) is 8.23. The Morgan fingerprint density at radius 2 is 1.96 bits per heavy atom. The van der Waals surface area contributed by atoms with Crippen molar-refractivity contribution in [1.29, 1.82) is 0 Å². The summed E-state index contributed by atoms with van der Waals surface area (Å²) in [5.41, 5.74) is 2.03. The number of hydrogen-bond donors (Lipinski definition) is 3. The molecule has 0 amide bonds. The molecule has 5 nitrogen and oxygen atoms in total. The molecule has 4 rings (SSSR count). The number of aliphatic hydroxyl groups excluding tert-OH is 2. The van der Waals surface area contributed by atoms with Crippen LogP contribution in [0.1, 0.15) is 42.3 Å². The van der Waals surface area contributed by atoms with Gasteiger partial charge in [0.1, 0.15) is 5.82 Å². The van der Waals surface area contributed by atoms with Crippen molar-refractivity contribution in [3.05, 3.63) is 58.6 Å². The fourth-order valence-corrected chi connectivity index (χ4v) is 4.37. The number of aromatic nitrogens is 2. The topological polar surface area (TPSA) is 78.3 Å². The fourth-order valence-electron chi connectivity index (χ4n) is 4.17. The van der Waals surface area contributed by atoms with Gasteiger partial charge in [-0.15, -0.1) is 0 Å². The molecule has 6 heteroatoms. The summed E-state index contributed by atoms with van der Waals surface area (Å²) < 4.78 is 0. The van der Waals surface area contributed by atoms with Gasteiger partial charge in [-0.1, -0.05) is 29.8 Å². The van der Waals surface area contributed by atoms with Crippen LogP contribution in [0.5, 0.6) is 0 Å². The van der Waals surface area contributed by atoms with Gasteiger partial charge in [-0.3, -0.25) is 0 Å². The molecular formula is C21H26ClN3O2. The van der Waals surface area contributed by atoms with Crippen LogP contribution in [-0.2, 0) is 13.0 Å². The average molecular weight is 388 g/mol. The van der Waals surface area contributed by atoms with E-state index in [0.29, 0.717) is 18.9 Å². The zero-order chi connectivity index (χ0) is 18.8. The third-order valence-electron chi connectivity index (χ3n) is 5.90. The molecule has 0 unspecified atom stereocenters. The maximum Gasteiger partial charge on any atom is 0.131 e. The number of nitrogens with zero attached hydrogens (tertiary/aromatic N) is 2. The van der Waals surface area contributed by atoms with Gasteiger partial charge < -0.3 is 15.5 Å². The number of benzene rings is 1. The Labute approximate surface area is 164 Å². The zero-order valence-corrected chi connectivity index (χ0v) is 16.0. The van der Waals surface area contributed by atoms with E-state index < -0.39 is 6.10 Å². The standard InChI is InChI=1S/C21H26ClN3O2/c22-18-4-2-1-3-14(18)11-24-19-10-20(27)17(12-26)16(19)9-15-7-8-23-21(25-15)13-5-6-13/h1-4,7-8,13,16-17,19-20,24,26-27H,5-6,9-12H2/t16-,17-,19-,20-/m1/s1. The minimum Gasteiger partial charge on any atom is -0.396 e. The van der Waals surface area contributed by atoms with Crippen molar-refractivity contribution in [2.45, 2.75) is 50.3 Å². The molecule has 2 aliphatic carbocycles. The molecule has 2 fully saturated rings. The smallest absolute Gasteiger partial charge is 0.131 e. The van der Waals surface area contributed by atoms with Crippen LogP contribution in [0.15, 0.2) is 36.5 Å². The summed E-state index contributed by atoms with van der Waals surface area (Å²) >= 11 is 6.27. The first-order valence-electron chi connectivity index (χ1n) is 9.73. The monoisotopic (exact) mass is 387 g/mol. The van der Waals surface area contributed by atoms with Gasteiger partial charge in [0.05, 0.1) is 6.10 Å². The van der Waals surface area contributed by atoms with Crippen LogP contribution in [0, 0.1) is 11.8 Å². The molecule has 0 bridgehead atoms. The molecule has 144 valence electrons. The van der Waals surface area contributed by atoms with Crippen LogP contribution in [0.3, 0.4) is 0 Å². The molecule has 27 heavy (non-hydrogen) atoms. The van der Waals surface area contributed by atoms with Gasteiger partial charge in [0.2, 0.25) is 0 Å². The molecular weight excluding hydrogens is 362 g/mol. The molecule has 2 aliphatic rings. The van der Waals surface area contributed by atoms with Crippen molar-refractivity contribution < 1.29 is 10.2 Å². The highest BCUT2D eigenvalue weighted by Gasteiger charge is 2.42. The normalized spacial score (nSPS) is 27.8. The molecule has 1 aromatic carbocycles. The predicted molar refractivity (Wildman–Crippen MR) is 104 cm³/mol. The van der Waals surface area contributed by atoms with E-state index >= 15 is 0 Å².